The van der Waals surface area contributed by atoms with Crippen LogP contribution in [-0.2, 0) is 16.1 Å². The molecule has 0 aliphatic heterocycles. The highest BCUT2D eigenvalue weighted by molar-refractivity contribution is 8.00. The molecule has 10 heteroatoms. The molecular formula is C23H24F3N3O3S. The minimum Gasteiger partial charge on any atom is -0.406 e. The Hall–Kier alpha value is -3.14. The second-order valence-electron chi connectivity index (χ2n) is 7.11. The smallest absolute Gasteiger partial charge is 0.406 e. The van der Waals surface area contributed by atoms with Gasteiger partial charge in [-0.05, 0) is 44.2 Å². The molecule has 176 valence electrons. The number of anilines is 1. The Morgan fingerprint density at radius 3 is 2.36 bits per heavy atom. The molecule has 0 aliphatic carbocycles. The molecule has 3 rings (SSSR count). The number of alkyl halides is 3. The monoisotopic (exact) mass is 479 g/mol. The zero-order chi connectivity index (χ0) is 24.0. The lowest BCUT2D eigenvalue weighted by Gasteiger charge is -2.19. The number of hydrogen-bond donors (Lipinski definition) is 1. The normalized spacial score (nSPS) is 11.4. The fourth-order valence-corrected chi connectivity index (χ4v) is 4.25. The highest BCUT2D eigenvalue weighted by atomic mass is 32.2. The number of para-hydroxylation sites is 1. The maximum atomic E-state index is 12.6. The van der Waals surface area contributed by atoms with E-state index < -0.39 is 6.36 Å². The van der Waals surface area contributed by atoms with Gasteiger partial charge in [0.2, 0.25) is 11.8 Å². The summed E-state index contributed by atoms with van der Waals surface area (Å²) in [6.07, 6.45) is -2.90. The van der Waals surface area contributed by atoms with E-state index in [-0.39, 0.29) is 29.9 Å². The predicted octanol–water partition coefficient (Wildman–Crippen LogP) is 5.14. The Balaban J connectivity index is 1.65. The third-order valence-electron chi connectivity index (χ3n) is 4.90. The van der Waals surface area contributed by atoms with Gasteiger partial charge in [0, 0.05) is 40.8 Å². The molecule has 0 spiro atoms. The summed E-state index contributed by atoms with van der Waals surface area (Å²) in [7, 11) is 0. The number of carbonyl (C=O) groups excluding carboxylic acids is 2. The van der Waals surface area contributed by atoms with Crippen molar-refractivity contribution in [1.29, 1.82) is 0 Å². The third-order valence-corrected chi connectivity index (χ3v) is 5.95. The molecule has 0 unspecified atom stereocenters. The summed E-state index contributed by atoms with van der Waals surface area (Å²) < 4.78 is 42.5. The van der Waals surface area contributed by atoms with Crippen molar-refractivity contribution in [2.75, 3.05) is 24.2 Å². The molecule has 2 aromatic carbocycles. The van der Waals surface area contributed by atoms with Crippen LogP contribution >= 0.6 is 11.8 Å². The van der Waals surface area contributed by atoms with Crippen LogP contribution in [0.5, 0.6) is 5.75 Å². The fourth-order valence-electron chi connectivity index (χ4n) is 3.36. The minimum absolute atomic E-state index is 0.0213. The molecule has 0 fully saturated rings. The molecule has 0 aliphatic rings. The number of amides is 2. The Labute approximate surface area is 193 Å². The molecule has 0 radical (unpaired) electrons. The molecule has 0 atom stereocenters. The quantitative estimate of drug-likeness (QED) is 0.432. The van der Waals surface area contributed by atoms with Crippen LogP contribution in [-0.4, -0.2) is 46.5 Å². The Kier molecular flexibility index (Phi) is 7.91. The fraction of sp³-hybridized carbons (Fsp3) is 0.304. The van der Waals surface area contributed by atoms with Gasteiger partial charge in [-0.3, -0.25) is 9.59 Å². The van der Waals surface area contributed by atoms with Crippen molar-refractivity contribution < 1.29 is 27.5 Å². The standard InChI is InChI=1S/C23H24F3N3O3S/c1-3-28(4-2)22(31)14-29-13-20(18-7-5-6-8-19(18)29)33-15-21(30)27-16-9-11-17(12-10-16)32-23(24,25)26/h5-13H,3-4,14-15H2,1-2H3,(H,27,30). The van der Waals surface area contributed by atoms with Crippen LogP contribution in [0.2, 0.25) is 0 Å². The van der Waals surface area contributed by atoms with Gasteiger partial charge in [-0.1, -0.05) is 18.2 Å². The van der Waals surface area contributed by atoms with Gasteiger partial charge in [0.05, 0.1) is 5.75 Å². The number of likely N-dealkylation sites (N-methyl/N-ethyl adjacent to an activating group) is 1. The first-order valence-electron chi connectivity index (χ1n) is 10.3. The maximum Gasteiger partial charge on any atom is 0.573 e. The van der Waals surface area contributed by atoms with Crippen LogP contribution in [0, 0.1) is 0 Å². The van der Waals surface area contributed by atoms with Gasteiger partial charge in [-0.15, -0.1) is 24.9 Å². The number of benzene rings is 2. The summed E-state index contributed by atoms with van der Waals surface area (Å²) in [6, 6.07) is 12.6. The van der Waals surface area contributed by atoms with E-state index >= 15 is 0 Å². The van der Waals surface area contributed by atoms with E-state index in [2.05, 4.69) is 10.1 Å². The third kappa shape index (κ3) is 6.67. The van der Waals surface area contributed by atoms with Gasteiger partial charge in [-0.2, -0.15) is 0 Å². The number of aromatic nitrogens is 1. The number of rotatable bonds is 9. The summed E-state index contributed by atoms with van der Waals surface area (Å²) in [6.45, 7) is 5.36. The van der Waals surface area contributed by atoms with Gasteiger partial charge in [0.1, 0.15) is 12.3 Å². The SMILES string of the molecule is CCN(CC)C(=O)Cn1cc(SCC(=O)Nc2ccc(OC(F)(F)F)cc2)c2ccccc21. The van der Waals surface area contributed by atoms with Crippen molar-refractivity contribution in [3.05, 3.63) is 54.7 Å². The average molecular weight is 480 g/mol. The van der Waals surface area contributed by atoms with Crippen LogP contribution in [0.25, 0.3) is 10.9 Å². The van der Waals surface area contributed by atoms with Crippen molar-refractivity contribution in [2.45, 2.75) is 31.7 Å². The summed E-state index contributed by atoms with van der Waals surface area (Å²) in [4.78, 5) is 27.6. The zero-order valence-electron chi connectivity index (χ0n) is 18.2. The maximum absolute atomic E-state index is 12.6. The largest absolute Gasteiger partial charge is 0.573 e. The first kappa shape index (κ1) is 24.5. The molecule has 1 N–H and O–H groups in total. The van der Waals surface area contributed by atoms with Crippen molar-refractivity contribution >= 4 is 40.2 Å². The summed E-state index contributed by atoms with van der Waals surface area (Å²) in [5, 5.41) is 3.60. The Morgan fingerprint density at radius 2 is 1.73 bits per heavy atom. The number of halogens is 3. The molecule has 33 heavy (non-hydrogen) atoms. The van der Waals surface area contributed by atoms with E-state index in [9.17, 15) is 22.8 Å². The number of carbonyl (C=O) groups is 2. The van der Waals surface area contributed by atoms with Gasteiger partial charge < -0.3 is 19.5 Å². The molecule has 3 aromatic rings. The molecule has 0 saturated heterocycles. The molecule has 1 heterocycles. The topological polar surface area (TPSA) is 63.6 Å². The number of nitrogens with one attached hydrogen (secondary N) is 1. The first-order chi connectivity index (χ1) is 15.7. The van der Waals surface area contributed by atoms with E-state index in [0.29, 0.717) is 18.8 Å². The van der Waals surface area contributed by atoms with Gasteiger partial charge in [0.25, 0.3) is 0 Å². The average Bonchev–Trinajstić information content (AvgIpc) is 3.11. The van der Waals surface area contributed by atoms with Crippen molar-refractivity contribution in [1.82, 2.24) is 9.47 Å². The second kappa shape index (κ2) is 10.7. The Bertz CT molecular complexity index is 1110. The van der Waals surface area contributed by atoms with Crippen molar-refractivity contribution in [3.63, 3.8) is 0 Å². The number of nitrogens with zero attached hydrogens (tertiary/aromatic N) is 2. The van der Waals surface area contributed by atoms with Crippen LogP contribution in [0.1, 0.15) is 13.8 Å². The van der Waals surface area contributed by atoms with Crippen LogP contribution in [0.4, 0.5) is 18.9 Å². The van der Waals surface area contributed by atoms with E-state index in [1.807, 2.05) is 48.9 Å². The molecular weight excluding hydrogens is 455 g/mol. The second-order valence-corrected chi connectivity index (χ2v) is 8.13. The first-order valence-corrected chi connectivity index (χ1v) is 11.3. The highest BCUT2D eigenvalue weighted by Crippen LogP contribution is 2.30. The van der Waals surface area contributed by atoms with Crippen LogP contribution in [0.15, 0.2) is 59.6 Å². The lowest BCUT2D eigenvalue weighted by atomic mass is 10.2. The number of fused-ring (bicyclic) bond motifs is 1. The lowest BCUT2D eigenvalue weighted by molar-refractivity contribution is -0.274. The lowest BCUT2D eigenvalue weighted by Crippen LogP contribution is -2.33. The number of ether oxygens (including phenoxy) is 1. The summed E-state index contributed by atoms with van der Waals surface area (Å²) in [5.41, 5.74) is 1.27. The molecule has 0 bridgehead atoms. The van der Waals surface area contributed by atoms with Gasteiger partial charge in [0.15, 0.2) is 0 Å². The Morgan fingerprint density at radius 1 is 1.06 bits per heavy atom. The zero-order valence-corrected chi connectivity index (χ0v) is 19.0. The summed E-state index contributed by atoms with van der Waals surface area (Å²) in [5.74, 6) is -0.547. The highest BCUT2D eigenvalue weighted by Gasteiger charge is 2.31. The van der Waals surface area contributed by atoms with E-state index in [0.717, 1.165) is 27.9 Å². The molecule has 0 saturated carbocycles. The minimum atomic E-state index is -4.77. The van der Waals surface area contributed by atoms with Gasteiger partial charge in [-0.25, -0.2) is 0 Å². The van der Waals surface area contributed by atoms with Crippen LogP contribution in [0.3, 0.4) is 0 Å². The van der Waals surface area contributed by atoms with Crippen molar-refractivity contribution in [2.24, 2.45) is 0 Å². The predicted molar refractivity (Wildman–Crippen MR) is 122 cm³/mol. The van der Waals surface area contributed by atoms with Gasteiger partial charge >= 0.3 is 6.36 Å². The van der Waals surface area contributed by atoms with E-state index in [1.165, 1.54) is 23.9 Å². The van der Waals surface area contributed by atoms with E-state index in [1.54, 1.807) is 4.90 Å². The molecule has 2 amide bonds. The van der Waals surface area contributed by atoms with Crippen molar-refractivity contribution in [3.8, 4) is 5.75 Å². The van der Waals surface area contributed by atoms with Crippen LogP contribution < -0.4 is 10.1 Å². The summed E-state index contributed by atoms with van der Waals surface area (Å²) >= 11 is 1.32. The van der Waals surface area contributed by atoms with E-state index in [4.69, 9.17) is 0 Å². The number of thioether (sulfide) groups is 1. The molecule has 6 nitrogen and oxygen atoms in total. The number of hydrogen-bond acceptors (Lipinski definition) is 4. The molecule has 1 aromatic heterocycles.